The second-order valence-electron chi connectivity index (χ2n) is 8.88. The number of nitrogens with zero attached hydrogens (tertiary/aromatic N) is 3. The molecular formula is C18H36N4O3S. The number of sulfone groups is 1. The van der Waals surface area contributed by atoms with Gasteiger partial charge in [0.25, 0.3) is 0 Å². The minimum Gasteiger partial charge on any atom is -0.373 e. The Bertz CT molecular complexity index is 620. The SMILES string of the molecule is CN=C(NCC(C)(C)N1CC(C)OC(C)C1)N1CCS(=O)(=O)C(C)(C)C1. The number of ether oxygens (including phenoxy) is 1. The molecule has 7 nitrogen and oxygen atoms in total. The number of hydrogen-bond acceptors (Lipinski definition) is 5. The lowest BCUT2D eigenvalue weighted by Gasteiger charge is -2.46. The summed E-state index contributed by atoms with van der Waals surface area (Å²) in [5, 5.41) is 3.47. The summed E-state index contributed by atoms with van der Waals surface area (Å²) < 4.78 is 29.6. The summed E-state index contributed by atoms with van der Waals surface area (Å²) in [6.45, 7) is 15.8. The van der Waals surface area contributed by atoms with E-state index >= 15 is 0 Å². The van der Waals surface area contributed by atoms with E-state index in [9.17, 15) is 8.42 Å². The molecule has 0 saturated carbocycles. The van der Waals surface area contributed by atoms with Crippen LogP contribution in [0.4, 0.5) is 0 Å². The van der Waals surface area contributed by atoms with Crippen LogP contribution < -0.4 is 5.32 Å². The third-order valence-electron chi connectivity index (χ3n) is 5.51. The summed E-state index contributed by atoms with van der Waals surface area (Å²) in [7, 11) is -1.30. The van der Waals surface area contributed by atoms with Crippen LogP contribution in [-0.4, -0.2) is 92.2 Å². The molecule has 0 radical (unpaired) electrons. The fourth-order valence-corrected chi connectivity index (χ4v) is 5.10. The molecule has 2 heterocycles. The average molecular weight is 389 g/mol. The molecule has 8 heteroatoms. The second-order valence-corrected chi connectivity index (χ2v) is 11.6. The van der Waals surface area contributed by atoms with E-state index in [0.717, 1.165) is 25.6 Å². The summed E-state index contributed by atoms with van der Waals surface area (Å²) in [6.07, 6.45) is 0.455. The first-order chi connectivity index (χ1) is 11.9. The number of aliphatic imine (C=N–C) groups is 1. The Balaban J connectivity index is 2.00. The van der Waals surface area contributed by atoms with Crippen LogP contribution in [0.25, 0.3) is 0 Å². The molecule has 2 fully saturated rings. The topological polar surface area (TPSA) is 74.2 Å². The van der Waals surface area contributed by atoms with Crippen LogP contribution in [0.15, 0.2) is 4.99 Å². The van der Waals surface area contributed by atoms with Gasteiger partial charge in [-0.2, -0.15) is 0 Å². The molecule has 2 aliphatic heterocycles. The summed E-state index contributed by atoms with van der Waals surface area (Å²) in [5.41, 5.74) is -0.0559. The van der Waals surface area contributed by atoms with Crippen molar-refractivity contribution in [2.24, 2.45) is 4.99 Å². The molecule has 0 aliphatic carbocycles. The molecule has 0 bridgehead atoms. The highest BCUT2D eigenvalue weighted by Crippen LogP contribution is 2.24. The van der Waals surface area contributed by atoms with Gasteiger partial charge in [0.05, 0.1) is 22.7 Å². The maximum Gasteiger partial charge on any atom is 0.193 e. The molecule has 2 rings (SSSR count). The highest BCUT2D eigenvalue weighted by Gasteiger charge is 2.41. The van der Waals surface area contributed by atoms with Crippen LogP contribution in [0, 0.1) is 0 Å². The largest absolute Gasteiger partial charge is 0.373 e. The summed E-state index contributed by atoms with van der Waals surface area (Å²) >= 11 is 0. The lowest BCUT2D eigenvalue weighted by molar-refractivity contribution is -0.0947. The van der Waals surface area contributed by atoms with Gasteiger partial charge in [0.2, 0.25) is 0 Å². The van der Waals surface area contributed by atoms with Gasteiger partial charge in [-0.25, -0.2) is 8.42 Å². The molecule has 152 valence electrons. The minimum atomic E-state index is -3.05. The Kier molecular flexibility index (Phi) is 6.30. The van der Waals surface area contributed by atoms with Crippen molar-refractivity contribution in [3.05, 3.63) is 0 Å². The fourth-order valence-electron chi connectivity index (χ4n) is 3.74. The molecule has 2 unspecified atom stereocenters. The Morgan fingerprint density at radius 2 is 1.85 bits per heavy atom. The quantitative estimate of drug-likeness (QED) is 0.573. The Morgan fingerprint density at radius 1 is 1.27 bits per heavy atom. The predicted octanol–water partition coefficient (Wildman–Crippen LogP) is 0.959. The molecule has 0 aromatic heterocycles. The molecule has 0 amide bonds. The monoisotopic (exact) mass is 388 g/mol. The van der Waals surface area contributed by atoms with Gasteiger partial charge in [-0.3, -0.25) is 9.89 Å². The minimum absolute atomic E-state index is 0.0559. The molecule has 1 N–H and O–H groups in total. The van der Waals surface area contributed by atoms with Crippen LogP contribution >= 0.6 is 0 Å². The van der Waals surface area contributed by atoms with E-state index in [2.05, 4.69) is 47.8 Å². The molecule has 0 aromatic rings. The first kappa shape index (κ1) is 21.4. The third kappa shape index (κ3) is 4.70. The number of rotatable bonds is 3. The molecule has 2 saturated heterocycles. The Hall–Kier alpha value is -0.860. The molecule has 0 aromatic carbocycles. The van der Waals surface area contributed by atoms with Gasteiger partial charge in [-0.1, -0.05) is 0 Å². The molecule has 2 aliphatic rings. The van der Waals surface area contributed by atoms with Gasteiger partial charge in [-0.15, -0.1) is 0 Å². The first-order valence-corrected chi connectivity index (χ1v) is 11.1. The van der Waals surface area contributed by atoms with Crippen LogP contribution in [0.2, 0.25) is 0 Å². The van der Waals surface area contributed by atoms with Gasteiger partial charge >= 0.3 is 0 Å². The van der Waals surface area contributed by atoms with E-state index in [0.29, 0.717) is 13.1 Å². The van der Waals surface area contributed by atoms with Crippen molar-refractivity contribution < 1.29 is 13.2 Å². The number of hydrogen-bond donors (Lipinski definition) is 1. The van der Waals surface area contributed by atoms with E-state index in [1.54, 1.807) is 20.9 Å². The highest BCUT2D eigenvalue weighted by atomic mass is 32.2. The molecule has 2 atom stereocenters. The smallest absolute Gasteiger partial charge is 0.193 e. The zero-order valence-corrected chi connectivity index (χ0v) is 18.2. The van der Waals surface area contributed by atoms with E-state index in [1.165, 1.54) is 0 Å². The van der Waals surface area contributed by atoms with Crippen LogP contribution in [0.1, 0.15) is 41.5 Å². The maximum atomic E-state index is 12.2. The van der Waals surface area contributed by atoms with Gasteiger partial charge < -0.3 is 15.0 Å². The zero-order valence-electron chi connectivity index (χ0n) is 17.4. The van der Waals surface area contributed by atoms with Gasteiger partial charge in [0.15, 0.2) is 15.8 Å². The summed E-state index contributed by atoms with van der Waals surface area (Å²) in [6, 6.07) is 0. The second kappa shape index (κ2) is 7.64. The highest BCUT2D eigenvalue weighted by molar-refractivity contribution is 7.92. The Morgan fingerprint density at radius 3 is 2.35 bits per heavy atom. The molecule has 26 heavy (non-hydrogen) atoms. The average Bonchev–Trinajstić information content (AvgIpc) is 2.50. The van der Waals surface area contributed by atoms with Crippen LogP contribution in [-0.2, 0) is 14.6 Å². The fraction of sp³-hybridized carbons (Fsp3) is 0.944. The van der Waals surface area contributed by atoms with Gasteiger partial charge in [-0.05, 0) is 41.5 Å². The lowest BCUT2D eigenvalue weighted by Crippen LogP contribution is -2.61. The Labute approximate surface area is 159 Å². The van der Waals surface area contributed by atoms with Crippen LogP contribution in [0.3, 0.4) is 0 Å². The number of guanidine groups is 1. The van der Waals surface area contributed by atoms with Gasteiger partial charge in [0, 0.05) is 45.3 Å². The molecular weight excluding hydrogens is 352 g/mol. The van der Waals surface area contributed by atoms with E-state index in [-0.39, 0.29) is 23.5 Å². The van der Waals surface area contributed by atoms with E-state index < -0.39 is 14.6 Å². The summed E-state index contributed by atoms with van der Waals surface area (Å²) in [5.74, 6) is 0.943. The van der Waals surface area contributed by atoms with Crippen molar-refractivity contribution >= 4 is 15.8 Å². The van der Waals surface area contributed by atoms with Crippen molar-refractivity contribution in [2.75, 3.05) is 45.5 Å². The van der Waals surface area contributed by atoms with Crippen molar-refractivity contribution in [1.82, 2.24) is 15.1 Å². The number of morpholine rings is 1. The summed E-state index contributed by atoms with van der Waals surface area (Å²) in [4.78, 5) is 8.91. The first-order valence-electron chi connectivity index (χ1n) is 9.46. The van der Waals surface area contributed by atoms with E-state index in [1.807, 2.05) is 0 Å². The normalized spacial score (nSPS) is 30.3. The van der Waals surface area contributed by atoms with Crippen molar-refractivity contribution in [3.8, 4) is 0 Å². The third-order valence-corrected chi connectivity index (χ3v) is 8.04. The molecule has 0 spiro atoms. The van der Waals surface area contributed by atoms with E-state index in [4.69, 9.17) is 4.74 Å². The van der Waals surface area contributed by atoms with Gasteiger partial charge in [0.1, 0.15) is 0 Å². The lowest BCUT2D eigenvalue weighted by atomic mass is 10.00. The van der Waals surface area contributed by atoms with Crippen molar-refractivity contribution in [2.45, 2.75) is 64.0 Å². The zero-order chi connectivity index (χ0) is 19.8. The van der Waals surface area contributed by atoms with Crippen LogP contribution in [0.5, 0.6) is 0 Å². The number of nitrogens with one attached hydrogen (secondary N) is 1. The van der Waals surface area contributed by atoms with Crippen molar-refractivity contribution in [3.63, 3.8) is 0 Å². The van der Waals surface area contributed by atoms with Crippen molar-refractivity contribution in [1.29, 1.82) is 0 Å². The predicted molar refractivity (Wildman–Crippen MR) is 106 cm³/mol. The standard InChI is InChI=1S/C18H36N4O3S/c1-14-10-22(11-15(2)25-14)17(3,4)12-20-16(19-7)21-8-9-26(23,24)18(5,6)13-21/h14-15H,8-13H2,1-7H3,(H,19,20). The maximum absolute atomic E-state index is 12.2.